The molecule has 3 rings (SSSR count). The van der Waals surface area contributed by atoms with Crippen molar-refractivity contribution >= 4 is 0 Å². The Hall–Kier alpha value is -1.86. The fourth-order valence-electron chi connectivity index (χ4n) is 2.68. The predicted octanol–water partition coefficient (Wildman–Crippen LogP) is 1.48. The molecule has 7 heteroatoms. The zero-order valence-corrected chi connectivity index (χ0v) is 12.1. The Kier molecular flexibility index (Phi) is 3.94. The molecule has 1 saturated heterocycles. The highest BCUT2D eigenvalue weighted by Gasteiger charge is 2.28. The molecule has 2 unspecified atom stereocenters. The Labute approximate surface area is 122 Å². The number of nitrogens with zero attached hydrogens (tertiary/aromatic N) is 5. The van der Waals surface area contributed by atoms with Crippen molar-refractivity contribution in [2.45, 2.75) is 19.1 Å². The zero-order chi connectivity index (χ0) is 14.8. The lowest BCUT2D eigenvalue weighted by atomic mass is 10.1. The van der Waals surface area contributed by atoms with E-state index in [0.29, 0.717) is 13.2 Å². The summed E-state index contributed by atoms with van der Waals surface area (Å²) in [5.41, 5.74) is 0.864. The summed E-state index contributed by atoms with van der Waals surface area (Å²) in [6.07, 6.45) is -0.127. The van der Waals surface area contributed by atoms with Gasteiger partial charge in [0.05, 0.1) is 18.8 Å². The maximum Gasteiger partial charge on any atom is 0.167 e. The molecule has 1 fully saturated rings. The maximum absolute atomic E-state index is 13.4. The van der Waals surface area contributed by atoms with Crippen molar-refractivity contribution in [3.63, 3.8) is 0 Å². The summed E-state index contributed by atoms with van der Waals surface area (Å²) in [5.74, 6) is 0.577. The van der Waals surface area contributed by atoms with Gasteiger partial charge in [0.1, 0.15) is 5.82 Å². The molecule has 0 spiro atoms. The Balaban J connectivity index is 1.75. The number of aromatic nitrogens is 4. The number of benzene rings is 1. The van der Waals surface area contributed by atoms with E-state index in [9.17, 15) is 4.39 Å². The van der Waals surface area contributed by atoms with Gasteiger partial charge in [-0.15, -0.1) is 5.10 Å². The van der Waals surface area contributed by atoms with Gasteiger partial charge in [0.2, 0.25) is 0 Å². The van der Waals surface area contributed by atoms with Crippen LogP contribution in [0, 0.1) is 5.82 Å². The van der Waals surface area contributed by atoms with Crippen LogP contribution in [0.1, 0.15) is 30.5 Å². The minimum absolute atomic E-state index is 0.0879. The van der Waals surface area contributed by atoms with Crippen LogP contribution >= 0.6 is 0 Å². The number of tetrazole rings is 1. The van der Waals surface area contributed by atoms with Gasteiger partial charge >= 0.3 is 0 Å². The van der Waals surface area contributed by atoms with Crippen molar-refractivity contribution in [3.05, 3.63) is 41.5 Å². The van der Waals surface area contributed by atoms with Gasteiger partial charge in [-0.05, 0) is 35.0 Å². The first-order valence-electron chi connectivity index (χ1n) is 6.98. The molecule has 0 N–H and O–H groups in total. The van der Waals surface area contributed by atoms with Gasteiger partial charge in [0.25, 0.3) is 0 Å². The number of hydrogen-bond acceptors (Lipinski definition) is 5. The van der Waals surface area contributed by atoms with Crippen molar-refractivity contribution in [1.29, 1.82) is 0 Å². The van der Waals surface area contributed by atoms with Crippen molar-refractivity contribution in [2.75, 3.05) is 19.7 Å². The maximum atomic E-state index is 13.4. The molecule has 112 valence electrons. The van der Waals surface area contributed by atoms with Crippen LogP contribution in [0.4, 0.5) is 4.39 Å². The second-order valence-electron chi connectivity index (χ2n) is 5.25. The molecular formula is C14H18FN5O. The summed E-state index contributed by atoms with van der Waals surface area (Å²) in [6, 6.07) is 6.67. The Morgan fingerprint density at radius 3 is 3.00 bits per heavy atom. The molecule has 2 heterocycles. The molecule has 1 aromatic carbocycles. The summed E-state index contributed by atoms with van der Waals surface area (Å²) in [5, 5.41) is 11.6. The molecule has 1 aromatic heterocycles. The quantitative estimate of drug-likeness (QED) is 0.857. The standard InChI is InChI=1S/C14H18FN5O/c1-10(14-16-17-18-19(14)2)20-6-7-21-13(9-20)11-4-3-5-12(15)8-11/h3-5,8,10,13H,6-7,9H2,1-2H3. The van der Waals surface area contributed by atoms with Crippen molar-refractivity contribution in [1.82, 2.24) is 25.1 Å². The largest absolute Gasteiger partial charge is 0.371 e. The zero-order valence-electron chi connectivity index (χ0n) is 12.1. The summed E-state index contributed by atoms with van der Waals surface area (Å²) >= 11 is 0. The number of hydrogen-bond donors (Lipinski definition) is 0. The van der Waals surface area contributed by atoms with Gasteiger partial charge in [-0.2, -0.15) is 0 Å². The van der Waals surface area contributed by atoms with Gasteiger partial charge in [-0.3, -0.25) is 4.90 Å². The second-order valence-corrected chi connectivity index (χ2v) is 5.25. The molecule has 2 atom stereocenters. The van der Waals surface area contributed by atoms with E-state index < -0.39 is 0 Å². The van der Waals surface area contributed by atoms with Crippen LogP contribution in [-0.4, -0.2) is 44.8 Å². The molecule has 2 aromatic rings. The van der Waals surface area contributed by atoms with Crippen LogP contribution in [0.25, 0.3) is 0 Å². The molecule has 0 aliphatic carbocycles. The molecule has 21 heavy (non-hydrogen) atoms. The molecule has 0 bridgehead atoms. The van der Waals surface area contributed by atoms with Crippen LogP contribution in [-0.2, 0) is 11.8 Å². The molecule has 1 aliphatic heterocycles. The molecular weight excluding hydrogens is 273 g/mol. The van der Waals surface area contributed by atoms with Gasteiger partial charge in [-0.1, -0.05) is 12.1 Å². The number of morpholine rings is 1. The SMILES string of the molecule is CC(c1nnnn1C)N1CCOC(c2cccc(F)c2)C1. The second kappa shape index (κ2) is 5.87. The first-order chi connectivity index (χ1) is 10.1. The first kappa shape index (κ1) is 14.1. The Bertz CT molecular complexity index is 617. The molecule has 1 aliphatic rings. The van der Waals surface area contributed by atoms with Crippen LogP contribution in [0.5, 0.6) is 0 Å². The van der Waals surface area contributed by atoms with Crippen LogP contribution in [0.2, 0.25) is 0 Å². The third-order valence-electron chi connectivity index (χ3n) is 3.89. The van der Waals surface area contributed by atoms with Crippen LogP contribution in [0.15, 0.2) is 24.3 Å². The van der Waals surface area contributed by atoms with Crippen molar-refractivity contribution in [2.24, 2.45) is 7.05 Å². The van der Waals surface area contributed by atoms with E-state index in [1.165, 1.54) is 12.1 Å². The van der Waals surface area contributed by atoms with Crippen molar-refractivity contribution in [3.8, 4) is 0 Å². The van der Waals surface area contributed by atoms with E-state index in [4.69, 9.17) is 4.74 Å². The normalized spacial score (nSPS) is 21.4. The van der Waals surface area contributed by atoms with E-state index >= 15 is 0 Å². The number of rotatable bonds is 3. The average molecular weight is 291 g/mol. The number of aryl methyl sites for hydroxylation is 1. The minimum Gasteiger partial charge on any atom is -0.371 e. The number of halogens is 1. The first-order valence-corrected chi connectivity index (χ1v) is 6.98. The summed E-state index contributed by atoms with van der Waals surface area (Å²) < 4.78 is 20.8. The van der Waals surface area contributed by atoms with E-state index in [2.05, 4.69) is 27.3 Å². The third-order valence-corrected chi connectivity index (χ3v) is 3.89. The Morgan fingerprint density at radius 2 is 2.29 bits per heavy atom. The van der Waals surface area contributed by atoms with E-state index in [1.807, 2.05) is 13.1 Å². The molecule has 6 nitrogen and oxygen atoms in total. The summed E-state index contributed by atoms with van der Waals surface area (Å²) in [4.78, 5) is 2.25. The fraction of sp³-hybridized carbons (Fsp3) is 0.500. The van der Waals surface area contributed by atoms with Gasteiger partial charge in [-0.25, -0.2) is 9.07 Å². The summed E-state index contributed by atoms with van der Waals surface area (Å²) in [6.45, 7) is 4.17. The lowest BCUT2D eigenvalue weighted by molar-refractivity contribution is -0.0447. The fourth-order valence-corrected chi connectivity index (χ4v) is 2.68. The van der Waals surface area contributed by atoms with Gasteiger partial charge < -0.3 is 4.74 Å². The smallest absolute Gasteiger partial charge is 0.167 e. The number of ether oxygens (including phenoxy) is 1. The van der Waals surface area contributed by atoms with E-state index in [1.54, 1.807) is 10.7 Å². The topological polar surface area (TPSA) is 56.1 Å². The lowest BCUT2D eigenvalue weighted by Crippen LogP contribution is -2.40. The summed E-state index contributed by atoms with van der Waals surface area (Å²) in [7, 11) is 1.83. The van der Waals surface area contributed by atoms with Gasteiger partial charge in [0, 0.05) is 20.1 Å². The van der Waals surface area contributed by atoms with E-state index in [0.717, 1.165) is 17.9 Å². The van der Waals surface area contributed by atoms with Gasteiger partial charge in [0.15, 0.2) is 5.82 Å². The van der Waals surface area contributed by atoms with Crippen LogP contribution in [0.3, 0.4) is 0 Å². The van der Waals surface area contributed by atoms with Crippen LogP contribution < -0.4 is 0 Å². The highest BCUT2D eigenvalue weighted by Crippen LogP contribution is 2.27. The minimum atomic E-state index is -0.237. The highest BCUT2D eigenvalue weighted by molar-refractivity contribution is 5.19. The molecule has 0 saturated carbocycles. The Morgan fingerprint density at radius 1 is 1.43 bits per heavy atom. The third kappa shape index (κ3) is 2.93. The van der Waals surface area contributed by atoms with Crippen molar-refractivity contribution < 1.29 is 9.13 Å². The molecule has 0 radical (unpaired) electrons. The van der Waals surface area contributed by atoms with E-state index in [-0.39, 0.29) is 18.0 Å². The molecule has 0 amide bonds. The monoisotopic (exact) mass is 291 g/mol. The average Bonchev–Trinajstić information content (AvgIpc) is 2.93. The lowest BCUT2D eigenvalue weighted by Gasteiger charge is -2.36. The predicted molar refractivity (Wildman–Crippen MR) is 73.9 cm³/mol. The highest BCUT2D eigenvalue weighted by atomic mass is 19.1.